The number of anilines is 3. The van der Waals surface area contributed by atoms with Crippen LogP contribution in [0.3, 0.4) is 0 Å². The lowest BCUT2D eigenvalue weighted by molar-refractivity contribution is -0.118. The molecule has 0 aliphatic carbocycles. The third kappa shape index (κ3) is 4.00. The molecule has 8 heteroatoms. The summed E-state index contributed by atoms with van der Waals surface area (Å²) in [5.41, 5.74) is 1.05. The predicted octanol–water partition coefficient (Wildman–Crippen LogP) is 1.53. The van der Waals surface area contributed by atoms with E-state index in [1.165, 1.54) is 12.1 Å². The zero-order valence-corrected chi connectivity index (χ0v) is 16.1. The highest BCUT2D eigenvalue weighted by molar-refractivity contribution is 5.55. The standard InChI is InChI=1S/C20H25FN6O/c1-16-22-19(26-8-6-24(15-28)7-9-26)14-20(23-16)27-12-10-25(11-13-27)18-4-2-17(21)3-5-18/h2-5,14-15H,6-13H2,1H3. The molecule has 2 aliphatic heterocycles. The molecule has 3 heterocycles. The minimum atomic E-state index is -0.208. The number of hydrogen-bond acceptors (Lipinski definition) is 6. The van der Waals surface area contributed by atoms with Crippen LogP contribution >= 0.6 is 0 Å². The van der Waals surface area contributed by atoms with Crippen LogP contribution in [0.5, 0.6) is 0 Å². The second-order valence-electron chi connectivity index (χ2n) is 7.21. The molecule has 0 radical (unpaired) electrons. The molecule has 0 bridgehead atoms. The van der Waals surface area contributed by atoms with Gasteiger partial charge in [0.15, 0.2) is 0 Å². The lowest BCUT2D eigenvalue weighted by Gasteiger charge is -2.37. The van der Waals surface area contributed by atoms with Crippen molar-refractivity contribution in [2.24, 2.45) is 0 Å². The second-order valence-corrected chi connectivity index (χ2v) is 7.21. The number of aryl methyl sites for hydroxylation is 1. The average Bonchev–Trinajstić information content (AvgIpc) is 2.74. The number of halogens is 1. The normalized spacial score (nSPS) is 17.8. The van der Waals surface area contributed by atoms with Crippen LogP contribution in [0.1, 0.15) is 5.82 Å². The Hall–Kier alpha value is -2.90. The Kier molecular flexibility index (Phi) is 5.27. The van der Waals surface area contributed by atoms with Crippen LogP contribution in [0.15, 0.2) is 30.3 Å². The Bertz CT molecular complexity index is 814. The van der Waals surface area contributed by atoms with E-state index in [9.17, 15) is 9.18 Å². The smallest absolute Gasteiger partial charge is 0.209 e. The van der Waals surface area contributed by atoms with Crippen molar-refractivity contribution in [1.82, 2.24) is 14.9 Å². The molecule has 28 heavy (non-hydrogen) atoms. The number of hydrogen-bond donors (Lipinski definition) is 0. The van der Waals surface area contributed by atoms with Gasteiger partial charge in [-0.2, -0.15) is 0 Å². The summed E-state index contributed by atoms with van der Waals surface area (Å²) >= 11 is 0. The van der Waals surface area contributed by atoms with Crippen molar-refractivity contribution >= 4 is 23.7 Å². The van der Waals surface area contributed by atoms with Crippen LogP contribution in [-0.2, 0) is 4.79 Å². The van der Waals surface area contributed by atoms with E-state index in [2.05, 4.69) is 30.7 Å². The van der Waals surface area contributed by atoms with E-state index in [-0.39, 0.29) is 5.82 Å². The highest BCUT2D eigenvalue weighted by atomic mass is 19.1. The quantitative estimate of drug-likeness (QED) is 0.746. The fraction of sp³-hybridized carbons (Fsp3) is 0.450. The maximum atomic E-state index is 13.1. The maximum Gasteiger partial charge on any atom is 0.209 e. The Balaban J connectivity index is 1.43. The van der Waals surface area contributed by atoms with Gasteiger partial charge in [0, 0.05) is 64.1 Å². The number of carbonyl (C=O) groups is 1. The molecule has 1 aromatic carbocycles. The highest BCUT2D eigenvalue weighted by Crippen LogP contribution is 2.23. The van der Waals surface area contributed by atoms with Gasteiger partial charge < -0.3 is 19.6 Å². The van der Waals surface area contributed by atoms with Gasteiger partial charge in [-0.15, -0.1) is 0 Å². The summed E-state index contributed by atoms with van der Waals surface area (Å²) in [6.07, 6.45) is 0.911. The van der Waals surface area contributed by atoms with Crippen molar-refractivity contribution in [2.75, 3.05) is 67.1 Å². The maximum absolute atomic E-state index is 13.1. The molecule has 0 atom stereocenters. The number of aromatic nitrogens is 2. The van der Waals surface area contributed by atoms with Gasteiger partial charge in [-0.05, 0) is 31.2 Å². The van der Waals surface area contributed by atoms with Crippen molar-refractivity contribution in [3.63, 3.8) is 0 Å². The summed E-state index contributed by atoms with van der Waals surface area (Å²) in [5.74, 6) is 2.42. The van der Waals surface area contributed by atoms with Gasteiger partial charge in [0.05, 0.1) is 0 Å². The summed E-state index contributed by atoms with van der Waals surface area (Å²) in [6, 6.07) is 8.73. The van der Waals surface area contributed by atoms with E-state index in [0.29, 0.717) is 0 Å². The minimum Gasteiger partial charge on any atom is -0.368 e. The Morgan fingerprint density at radius 1 is 0.821 bits per heavy atom. The molecule has 0 saturated carbocycles. The molecule has 1 aromatic heterocycles. The molecule has 2 aromatic rings. The number of carbonyl (C=O) groups excluding carboxylic acids is 1. The molecule has 0 N–H and O–H groups in total. The summed E-state index contributed by atoms with van der Waals surface area (Å²) < 4.78 is 13.1. The third-order valence-electron chi connectivity index (χ3n) is 5.39. The van der Waals surface area contributed by atoms with Crippen LogP contribution in [-0.4, -0.2) is 73.6 Å². The van der Waals surface area contributed by atoms with Crippen LogP contribution in [0.25, 0.3) is 0 Å². The average molecular weight is 384 g/mol. The van der Waals surface area contributed by atoms with Crippen molar-refractivity contribution in [1.29, 1.82) is 0 Å². The summed E-state index contributed by atoms with van der Waals surface area (Å²) in [5, 5.41) is 0. The number of amides is 1. The molecular formula is C20H25FN6O. The first-order valence-corrected chi connectivity index (χ1v) is 9.68. The number of benzene rings is 1. The van der Waals surface area contributed by atoms with Gasteiger partial charge in [0.1, 0.15) is 23.3 Å². The Labute approximate surface area is 164 Å². The molecule has 4 rings (SSSR count). The molecule has 7 nitrogen and oxygen atoms in total. The molecule has 0 unspecified atom stereocenters. The molecule has 0 spiro atoms. The predicted molar refractivity (Wildman–Crippen MR) is 107 cm³/mol. The van der Waals surface area contributed by atoms with Crippen LogP contribution < -0.4 is 14.7 Å². The van der Waals surface area contributed by atoms with Gasteiger partial charge in [-0.1, -0.05) is 0 Å². The van der Waals surface area contributed by atoms with Crippen molar-refractivity contribution in [3.05, 3.63) is 42.0 Å². The van der Waals surface area contributed by atoms with Crippen LogP contribution in [0.4, 0.5) is 21.7 Å². The van der Waals surface area contributed by atoms with Gasteiger partial charge >= 0.3 is 0 Å². The van der Waals surface area contributed by atoms with E-state index in [1.807, 2.05) is 19.1 Å². The molecule has 1 amide bonds. The van der Waals surface area contributed by atoms with E-state index in [4.69, 9.17) is 0 Å². The first kappa shape index (κ1) is 18.5. The summed E-state index contributed by atoms with van der Waals surface area (Å²) in [6.45, 7) is 8.36. The molecular weight excluding hydrogens is 359 g/mol. The Morgan fingerprint density at radius 2 is 1.32 bits per heavy atom. The fourth-order valence-corrected chi connectivity index (χ4v) is 3.76. The molecule has 2 saturated heterocycles. The summed E-state index contributed by atoms with van der Waals surface area (Å²) in [4.78, 5) is 28.7. The zero-order valence-electron chi connectivity index (χ0n) is 16.1. The van der Waals surface area contributed by atoms with Gasteiger partial charge in [0.25, 0.3) is 0 Å². The number of nitrogens with zero attached hydrogens (tertiary/aromatic N) is 6. The van der Waals surface area contributed by atoms with E-state index < -0.39 is 0 Å². The largest absolute Gasteiger partial charge is 0.368 e. The van der Waals surface area contributed by atoms with Crippen LogP contribution in [0.2, 0.25) is 0 Å². The van der Waals surface area contributed by atoms with E-state index in [1.54, 1.807) is 4.90 Å². The first-order chi connectivity index (χ1) is 13.6. The minimum absolute atomic E-state index is 0.208. The summed E-state index contributed by atoms with van der Waals surface area (Å²) in [7, 11) is 0. The second kappa shape index (κ2) is 8.00. The van der Waals surface area contributed by atoms with E-state index >= 15 is 0 Å². The fourth-order valence-electron chi connectivity index (χ4n) is 3.76. The van der Waals surface area contributed by atoms with Gasteiger partial charge in [-0.3, -0.25) is 4.79 Å². The molecule has 148 valence electrons. The van der Waals surface area contributed by atoms with Gasteiger partial charge in [0.2, 0.25) is 6.41 Å². The SMILES string of the molecule is Cc1nc(N2CCN(C=O)CC2)cc(N2CCN(c3ccc(F)cc3)CC2)n1. The molecule has 2 aliphatic rings. The number of rotatable bonds is 4. The third-order valence-corrected chi connectivity index (χ3v) is 5.39. The van der Waals surface area contributed by atoms with E-state index in [0.717, 1.165) is 81.9 Å². The van der Waals surface area contributed by atoms with Crippen molar-refractivity contribution < 1.29 is 9.18 Å². The Morgan fingerprint density at radius 3 is 1.86 bits per heavy atom. The topological polar surface area (TPSA) is 55.8 Å². The molecule has 2 fully saturated rings. The van der Waals surface area contributed by atoms with Crippen molar-refractivity contribution in [3.8, 4) is 0 Å². The number of piperazine rings is 2. The van der Waals surface area contributed by atoms with Gasteiger partial charge in [-0.25, -0.2) is 14.4 Å². The zero-order chi connectivity index (χ0) is 19.5. The lowest BCUT2D eigenvalue weighted by Crippen LogP contribution is -2.47. The van der Waals surface area contributed by atoms with Crippen LogP contribution in [0, 0.1) is 12.7 Å². The monoisotopic (exact) mass is 384 g/mol. The van der Waals surface area contributed by atoms with Crippen molar-refractivity contribution in [2.45, 2.75) is 6.92 Å². The first-order valence-electron chi connectivity index (χ1n) is 9.68. The lowest BCUT2D eigenvalue weighted by atomic mass is 10.2. The highest BCUT2D eigenvalue weighted by Gasteiger charge is 2.22.